The lowest BCUT2D eigenvalue weighted by Crippen LogP contribution is -2.54. The summed E-state index contributed by atoms with van der Waals surface area (Å²) >= 11 is 0. The Morgan fingerprint density at radius 2 is 2.45 bits per heavy atom. The Morgan fingerprint density at radius 1 is 1.70 bits per heavy atom. The molecule has 20 heavy (non-hydrogen) atoms. The highest BCUT2D eigenvalue weighted by Crippen LogP contribution is 2.32. The van der Waals surface area contributed by atoms with E-state index < -0.39 is 5.54 Å². The number of nitrogens with two attached hydrogens (primary N) is 1. The van der Waals surface area contributed by atoms with Crippen molar-refractivity contribution in [2.45, 2.75) is 51.6 Å². The summed E-state index contributed by atoms with van der Waals surface area (Å²) in [4.78, 5) is 12.4. The summed E-state index contributed by atoms with van der Waals surface area (Å²) in [7, 11) is 0. The molecule has 112 valence electrons. The zero-order valence-electron chi connectivity index (χ0n) is 12.2. The quantitative estimate of drug-likeness (QED) is 0.771. The summed E-state index contributed by atoms with van der Waals surface area (Å²) in [6, 6.07) is 0. The van der Waals surface area contributed by atoms with Crippen molar-refractivity contribution >= 4 is 11.6 Å². The molecule has 6 nitrogen and oxygen atoms in total. The lowest BCUT2D eigenvalue weighted by atomic mass is 9.77. The van der Waals surface area contributed by atoms with E-state index >= 15 is 0 Å². The third-order valence-electron chi connectivity index (χ3n) is 4.10. The predicted molar refractivity (Wildman–Crippen MR) is 77.2 cm³/mol. The number of hydrogen-bond donors (Lipinski definition) is 3. The molecule has 1 aliphatic rings. The van der Waals surface area contributed by atoms with Crippen molar-refractivity contribution in [3.63, 3.8) is 0 Å². The predicted octanol–water partition coefficient (Wildman–Crippen LogP) is 1.16. The molecule has 1 fully saturated rings. The first-order chi connectivity index (χ1) is 9.49. The average Bonchev–Trinajstić information content (AvgIpc) is 2.80. The number of carbonyl (C=O) groups excluding carboxylic acids is 1. The number of nitrogen functional groups attached to an aromatic ring is 1. The average molecular weight is 280 g/mol. The fraction of sp³-hybridized carbons (Fsp3) is 0.714. The fourth-order valence-corrected chi connectivity index (χ4v) is 3.03. The second-order valence-electron chi connectivity index (χ2n) is 5.88. The molecule has 1 aromatic heterocycles. The standard InChI is InChI=1S/C14H24N4O2/c1-3-18-8-11(15)12(17-18)13(20)16-14(9-19)6-4-5-10(2)7-14/h8,10,19H,3-7,9,15H2,1-2H3,(H,16,20). The maximum atomic E-state index is 12.4. The molecule has 2 unspecified atom stereocenters. The third kappa shape index (κ3) is 2.95. The van der Waals surface area contributed by atoms with Gasteiger partial charge in [0.05, 0.1) is 17.8 Å². The molecular weight excluding hydrogens is 256 g/mol. The second-order valence-corrected chi connectivity index (χ2v) is 5.88. The number of amides is 1. The van der Waals surface area contributed by atoms with Gasteiger partial charge in [-0.2, -0.15) is 5.10 Å². The summed E-state index contributed by atoms with van der Waals surface area (Å²) in [5.41, 5.74) is 5.92. The Kier molecular flexibility index (Phi) is 4.32. The summed E-state index contributed by atoms with van der Waals surface area (Å²) < 4.78 is 1.64. The Labute approximate surface area is 119 Å². The molecule has 2 rings (SSSR count). The van der Waals surface area contributed by atoms with E-state index in [2.05, 4.69) is 17.3 Å². The van der Waals surface area contributed by atoms with Crippen LogP contribution in [0.2, 0.25) is 0 Å². The highest BCUT2D eigenvalue weighted by atomic mass is 16.3. The Bertz CT molecular complexity index is 486. The van der Waals surface area contributed by atoms with Crippen molar-refractivity contribution in [1.82, 2.24) is 15.1 Å². The number of aliphatic hydroxyl groups excluding tert-OH is 1. The van der Waals surface area contributed by atoms with Crippen LogP contribution < -0.4 is 11.1 Å². The van der Waals surface area contributed by atoms with Crippen LogP contribution in [0.1, 0.15) is 50.0 Å². The molecule has 1 saturated carbocycles. The molecule has 0 aromatic carbocycles. The normalized spacial score (nSPS) is 26.4. The molecule has 1 aromatic rings. The van der Waals surface area contributed by atoms with Gasteiger partial charge < -0.3 is 16.2 Å². The number of aryl methyl sites for hydroxylation is 1. The maximum Gasteiger partial charge on any atom is 0.274 e. The van der Waals surface area contributed by atoms with Crippen LogP contribution in [0, 0.1) is 5.92 Å². The van der Waals surface area contributed by atoms with E-state index in [1.807, 2.05) is 6.92 Å². The monoisotopic (exact) mass is 280 g/mol. The van der Waals surface area contributed by atoms with Crippen LogP contribution in [0.25, 0.3) is 0 Å². The summed E-state index contributed by atoms with van der Waals surface area (Å²) in [6.07, 6.45) is 5.41. The number of carbonyl (C=O) groups is 1. The molecule has 0 radical (unpaired) electrons. The van der Waals surface area contributed by atoms with Crippen LogP contribution in [0.4, 0.5) is 5.69 Å². The number of aromatic nitrogens is 2. The van der Waals surface area contributed by atoms with E-state index in [-0.39, 0.29) is 18.2 Å². The van der Waals surface area contributed by atoms with Crippen molar-refractivity contribution in [3.8, 4) is 0 Å². The van der Waals surface area contributed by atoms with E-state index in [0.717, 1.165) is 25.7 Å². The van der Waals surface area contributed by atoms with Gasteiger partial charge in [0.1, 0.15) is 0 Å². The molecule has 0 bridgehead atoms. The minimum absolute atomic E-state index is 0.0442. The largest absolute Gasteiger partial charge is 0.396 e. The third-order valence-corrected chi connectivity index (χ3v) is 4.10. The topological polar surface area (TPSA) is 93.2 Å². The molecule has 1 aliphatic carbocycles. The first kappa shape index (κ1) is 14.8. The van der Waals surface area contributed by atoms with E-state index in [9.17, 15) is 9.90 Å². The summed E-state index contributed by atoms with van der Waals surface area (Å²) in [6.45, 7) is 4.71. The molecule has 2 atom stereocenters. The lowest BCUT2D eigenvalue weighted by molar-refractivity contribution is 0.0693. The van der Waals surface area contributed by atoms with Gasteiger partial charge >= 0.3 is 0 Å². The van der Waals surface area contributed by atoms with Gasteiger partial charge in [-0.25, -0.2) is 0 Å². The fourth-order valence-electron chi connectivity index (χ4n) is 3.03. The molecule has 6 heteroatoms. The molecule has 4 N–H and O–H groups in total. The van der Waals surface area contributed by atoms with Crippen LogP contribution in [-0.4, -0.2) is 32.9 Å². The number of nitrogens with zero attached hydrogens (tertiary/aromatic N) is 2. The Hall–Kier alpha value is -1.56. The molecular formula is C14H24N4O2. The van der Waals surface area contributed by atoms with E-state index in [1.165, 1.54) is 0 Å². The van der Waals surface area contributed by atoms with Gasteiger partial charge in [-0.3, -0.25) is 9.48 Å². The molecule has 0 aliphatic heterocycles. The highest BCUT2D eigenvalue weighted by molar-refractivity contribution is 5.97. The smallest absolute Gasteiger partial charge is 0.274 e. The summed E-state index contributed by atoms with van der Waals surface area (Å²) in [5.74, 6) is 0.208. The Balaban J connectivity index is 2.14. The lowest BCUT2D eigenvalue weighted by Gasteiger charge is -2.39. The van der Waals surface area contributed by atoms with Gasteiger partial charge in [0.25, 0.3) is 5.91 Å². The first-order valence-corrected chi connectivity index (χ1v) is 7.26. The van der Waals surface area contributed by atoms with Crippen LogP contribution in [0.3, 0.4) is 0 Å². The van der Waals surface area contributed by atoms with Gasteiger partial charge in [0.15, 0.2) is 5.69 Å². The number of rotatable bonds is 4. The number of anilines is 1. The number of hydrogen-bond acceptors (Lipinski definition) is 4. The van der Waals surface area contributed by atoms with E-state index in [0.29, 0.717) is 18.2 Å². The molecule has 0 spiro atoms. The van der Waals surface area contributed by atoms with Crippen molar-refractivity contribution in [2.75, 3.05) is 12.3 Å². The molecule has 0 saturated heterocycles. The van der Waals surface area contributed by atoms with Crippen LogP contribution in [-0.2, 0) is 6.54 Å². The maximum absolute atomic E-state index is 12.4. The van der Waals surface area contributed by atoms with Gasteiger partial charge in [0.2, 0.25) is 0 Å². The minimum atomic E-state index is -0.531. The zero-order valence-corrected chi connectivity index (χ0v) is 12.2. The zero-order chi connectivity index (χ0) is 14.8. The van der Waals surface area contributed by atoms with Crippen molar-refractivity contribution in [2.24, 2.45) is 5.92 Å². The SMILES string of the molecule is CCn1cc(N)c(C(=O)NC2(CO)CCCC(C)C2)n1. The van der Waals surface area contributed by atoms with Gasteiger partial charge in [-0.05, 0) is 25.7 Å². The molecule has 1 heterocycles. The first-order valence-electron chi connectivity index (χ1n) is 7.26. The van der Waals surface area contributed by atoms with Gasteiger partial charge in [-0.1, -0.05) is 19.8 Å². The Morgan fingerprint density at radius 3 is 3.00 bits per heavy atom. The van der Waals surface area contributed by atoms with Crippen LogP contribution in [0.5, 0.6) is 0 Å². The number of aliphatic hydroxyl groups is 1. The van der Waals surface area contributed by atoms with Gasteiger partial charge in [0, 0.05) is 12.7 Å². The van der Waals surface area contributed by atoms with Gasteiger partial charge in [-0.15, -0.1) is 0 Å². The van der Waals surface area contributed by atoms with Crippen molar-refractivity contribution in [3.05, 3.63) is 11.9 Å². The van der Waals surface area contributed by atoms with E-state index in [1.54, 1.807) is 10.9 Å². The highest BCUT2D eigenvalue weighted by Gasteiger charge is 2.36. The van der Waals surface area contributed by atoms with E-state index in [4.69, 9.17) is 5.73 Å². The summed E-state index contributed by atoms with van der Waals surface area (Å²) in [5, 5.41) is 16.8. The van der Waals surface area contributed by atoms with Crippen molar-refractivity contribution < 1.29 is 9.90 Å². The minimum Gasteiger partial charge on any atom is -0.396 e. The van der Waals surface area contributed by atoms with Crippen LogP contribution in [0.15, 0.2) is 6.20 Å². The second kappa shape index (κ2) is 5.83. The molecule has 1 amide bonds. The van der Waals surface area contributed by atoms with Crippen molar-refractivity contribution in [1.29, 1.82) is 0 Å². The number of nitrogens with one attached hydrogen (secondary N) is 1. The van der Waals surface area contributed by atoms with Crippen LogP contribution >= 0.6 is 0 Å².